The lowest BCUT2D eigenvalue weighted by Gasteiger charge is -2.13. The molecule has 26 heavy (non-hydrogen) atoms. The van der Waals surface area contributed by atoms with Crippen LogP contribution in [0.25, 0.3) is 0 Å². The monoisotopic (exact) mass is 417 g/mol. The van der Waals surface area contributed by atoms with Gasteiger partial charge in [-0.2, -0.15) is 0 Å². The van der Waals surface area contributed by atoms with Crippen LogP contribution in [0.4, 0.5) is 5.69 Å². The lowest BCUT2D eigenvalue weighted by molar-refractivity contribution is 0.102. The van der Waals surface area contributed by atoms with Crippen LogP contribution in [-0.2, 0) is 0 Å². The highest BCUT2D eigenvalue weighted by molar-refractivity contribution is 9.10. The van der Waals surface area contributed by atoms with Gasteiger partial charge < -0.3 is 14.8 Å². The van der Waals surface area contributed by atoms with Crippen LogP contribution in [0.5, 0.6) is 11.5 Å². The van der Waals surface area contributed by atoms with Gasteiger partial charge in [0.1, 0.15) is 18.1 Å². The first kappa shape index (κ1) is 20.0. The molecule has 1 N–H and O–H groups in total. The molecule has 0 radical (unpaired) electrons. The van der Waals surface area contributed by atoms with Gasteiger partial charge in [-0.3, -0.25) is 4.79 Å². The number of hydrogen-bond donors (Lipinski definition) is 1. The number of ether oxygens (including phenoxy) is 2. The normalized spacial score (nSPS) is 10.5. The van der Waals surface area contributed by atoms with Gasteiger partial charge in [0, 0.05) is 10.2 Å². The van der Waals surface area contributed by atoms with E-state index in [0.717, 1.165) is 16.6 Å². The highest BCUT2D eigenvalue weighted by atomic mass is 79.9. The number of amides is 1. The van der Waals surface area contributed by atoms with Gasteiger partial charge in [0.15, 0.2) is 0 Å². The standard InChI is InChI=1S/C21H24BrNO3/c1-4-12-25-18-8-6-17(7-9-18)23-21(24)19-14-16(22)5-10-20(19)26-13-11-15(2)3/h4-10,14-15H,1,11-13H2,2-3H3,(H,23,24). The van der Waals surface area contributed by atoms with Crippen LogP contribution in [0.15, 0.2) is 59.6 Å². The summed E-state index contributed by atoms with van der Waals surface area (Å²) in [5.41, 5.74) is 1.18. The number of nitrogens with one attached hydrogen (secondary N) is 1. The number of carbonyl (C=O) groups is 1. The Hall–Kier alpha value is -2.27. The van der Waals surface area contributed by atoms with E-state index in [-0.39, 0.29) is 5.91 Å². The molecule has 5 heteroatoms. The van der Waals surface area contributed by atoms with E-state index >= 15 is 0 Å². The molecule has 0 spiro atoms. The predicted octanol–water partition coefficient (Wildman–Crippen LogP) is 5.69. The molecule has 1 amide bonds. The number of carbonyl (C=O) groups excluding carboxylic acids is 1. The summed E-state index contributed by atoms with van der Waals surface area (Å²) in [6.45, 7) is 8.92. The molecule has 0 fully saturated rings. The third-order valence-corrected chi connectivity index (χ3v) is 4.11. The summed E-state index contributed by atoms with van der Waals surface area (Å²) >= 11 is 3.41. The molecule has 0 saturated carbocycles. The molecule has 4 nitrogen and oxygen atoms in total. The minimum absolute atomic E-state index is 0.217. The summed E-state index contributed by atoms with van der Waals surface area (Å²) < 4.78 is 12.1. The Kier molecular flexibility index (Phi) is 7.73. The summed E-state index contributed by atoms with van der Waals surface area (Å²) in [6.07, 6.45) is 2.62. The van der Waals surface area contributed by atoms with Gasteiger partial charge >= 0.3 is 0 Å². The predicted molar refractivity (Wildman–Crippen MR) is 109 cm³/mol. The first-order valence-corrected chi connectivity index (χ1v) is 9.36. The molecular weight excluding hydrogens is 394 g/mol. The zero-order valence-corrected chi connectivity index (χ0v) is 16.7. The molecule has 0 bridgehead atoms. The van der Waals surface area contributed by atoms with Gasteiger partial charge in [0.25, 0.3) is 5.91 Å². The van der Waals surface area contributed by atoms with Crippen molar-refractivity contribution in [2.45, 2.75) is 20.3 Å². The van der Waals surface area contributed by atoms with Crippen molar-refractivity contribution < 1.29 is 14.3 Å². The fraction of sp³-hybridized carbons (Fsp3) is 0.286. The topological polar surface area (TPSA) is 47.6 Å². The maximum Gasteiger partial charge on any atom is 0.259 e. The molecule has 0 aliphatic rings. The fourth-order valence-electron chi connectivity index (χ4n) is 2.20. The van der Waals surface area contributed by atoms with Gasteiger partial charge in [0.05, 0.1) is 12.2 Å². The minimum atomic E-state index is -0.217. The van der Waals surface area contributed by atoms with Crippen LogP contribution in [0.1, 0.15) is 30.6 Å². The number of anilines is 1. The number of benzene rings is 2. The third kappa shape index (κ3) is 6.23. The number of rotatable bonds is 9. The fourth-order valence-corrected chi connectivity index (χ4v) is 2.56. The average molecular weight is 418 g/mol. The molecule has 2 aromatic rings. The van der Waals surface area contributed by atoms with Crippen molar-refractivity contribution in [1.29, 1.82) is 0 Å². The third-order valence-electron chi connectivity index (χ3n) is 3.62. The zero-order chi connectivity index (χ0) is 18.9. The first-order valence-electron chi connectivity index (χ1n) is 8.57. The molecular formula is C21H24BrNO3. The summed E-state index contributed by atoms with van der Waals surface area (Å²) in [4.78, 5) is 12.7. The second-order valence-corrected chi connectivity index (χ2v) is 7.17. The lowest BCUT2D eigenvalue weighted by atomic mass is 10.1. The summed E-state index contributed by atoms with van der Waals surface area (Å²) in [6, 6.07) is 12.7. The highest BCUT2D eigenvalue weighted by Gasteiger charge is 2.14. The summed E-state index contributed by atoms with van der Waals surface area (Å²) in [5.74, 6) is 1.63. The summed E-state index contributed by atoms with van der Waals surface area (Å²) in [5, 5.41) is 2.89. The molecule has 2 aromatic carbocycles. The second-order valence-electron chi connectivity index (χ2n) is 6.25. The molecule has 0 unspecified atom stereocenters. The van der Waals surface area contributed by atoms with Gasteiger partial charge in [-0.15, -0.1) is 0 Å². The highest BCUT2D eigenvalue weighted by Crippen LogP contribution is 2.25. The molecule has 0 saturated heterocycles. The Labute approximate surface area is 163 Å². The Balaban J connectivity index is 2.08. The van der Waals surface area contributed by atoms with Gasteiger partial charge in [-0.1, -0.05) is 42.4 Å². The first-order chi connectivity index (χ1) is 12.5. The van der Waals surface area contributed by atoms with Crippen molar-refractivity contribution >= 4 is 27.5 Å². The van der Waals surface area contributed by atoms with E-state index in [0.29, 0.717) is 36.1 Å². The van der Waals surface area contributed by atoms with E-state index in [1.165, 1.54) is 0 Å². The zero-order valence-electron chi connectivity index (χ0n) is 15.1. The van der Waals surface area contributed by atoms with Crippen LogP contribution in [0.3, 0.4) is 0 Å². The van der Waals surface area contributed by atoms with Gasteiger partial charge in [-0.25, -0.2) is 0 Å². The van der Waals surface area contributed by atoms with E-state index in [9.17, 15) is 4.79 Å². The van der Waals surface area contributed by atoms with Gasteiger partial charge in [0.2, 0.25) is 0 Å². The van der Waals surface area contributed by atoms with Gasteiger partial charge in [-0.05, 0) is 54.8 Å². The van der Waals surface area contributed by atoms with Crippen LogP contribution < -0.4 is 14.8 Å². The molecule has 0 aromatic heterocycles. The smallest absolute Gasteiger partial charge is 0.259 e. The maximum atomic E-state index is 12.7. The van der Waals surface area contributed by atoms with E-state index in [1.807, 2.05) is 12.1 Å². The molecule has 0 atom stereocenters. The van der Waals surface area contributed by atoms with Crippen molar-refractivity contribution in [1.82, 2.24) is 0 Å². The van der Waals surface area contributed by atoms with E-state index in [4.69, 9.17) is 9.47 Å². The number of hydrogen-bond acceptors (Lipinski definition) is 3. The second kappa shape index (κ2) is 10.0. The molecule has 0 heterocycles. The van der Waals surface area contributed by atoms with Crippen molar-refractivity contribution in [3.8, 4) is 11.5 Å². The van der Waals surface area contributed by atoms with Crippen molar-refractivity contribution in [3.63, 3.8) is 0 Å². The quantitative estimate of drug-likeness (QED) is 0.532. The number of halogens is 1. The van der Waals surface area contributed by atoms with Crippen molar-refractivity contribution in [3.05, 3.63) is 65.2 Å². The minimum Gasteiger partial charge on any atom is -0.493 e. The Morgan fingerprint density at radius 1 is 1.19 bits per heavy atom. The largest absolute Gasteiger partial charge is 0.493 e. The summed E-state index contributed by atoms with van der Waals surface area (Å²) in [7, 11) is 0. The van der Waals surface area contributed by atoms with Crippen LogP contribution in [0.2, 0.25) is 0 Å². The SMILES string of the molecule is C=CCOc1ccc(NC(=O)c2cc(Br)ccc2OCCC(C)C)cc1. The van der Waals surface area contributed by atoms with Crippen LogP contribution >= 0.6 is 15.9 Å². The Morgan fingerprint density at radius 2 is 1.92 bits per heavy atom. The van der Waals surface area contributed by atoms with E-state index < -0.39 is 0 Å². The Morgan fingerprint density at radius 3 is 2.58 bits per heavy atom. The lowest BCUT2D eigenvalue weighted by Crippen LogP contribution is -2.14. The Bertz CT molecular complexity index is 741. The van der Waals surface area contributed by atoms with Crippen LogP contribution in [-0.4, -0.2) is 19.1 Å². The molecule has 0 aliphatic carbocycles. The molecule has 138 valence electrons. The maximum absolute atomic E-state index is 12.7. The average Bonchev–Trinajstić information content (AvgIpc) is 2.62. The molecule has 0 aliphatic heterocycles. The van der Waals surface area contributed by atoms with Crippen LogP contribution in [0, 0.1) is 5.92 Å². The molecule has 2 rings (SSSR count). The van der Waals surface area contributed by atoms with Crippen molar-refractivity contribution in [2.24, 2.45) is 5.92 Å². The van der Waals surface area contributed by atoms with Crippen molar-refractivity contribution in [2.75, 3.05) is 18.5 Å². The van der Waals surface area contributed by atoms with E-state index in [1.54, 1.807) is 36.4 Å². The van der Waals surface area contributed by atoms with E-state index in [2.05, 4.69) is 41.7 Å².